The average Bonchev–Trinajstić information content (AvgIpc) is 2.39. The number of piperazine rings is 1. The molecule has 0 saturated carbocycles. The van der Waals surface area contributed by atoms with Crippen molar-refractivity contribution in [1.82, 2.24) is 14.9 Å². The number of nitrogens with zero attached hydrogens (tertiary/aromatic N) is 4. The second kappa shape index (κ2) is 5.94. The van der Waals surface area contributed by atoms with Gasteiger partial charge in [0, 0.05) is 39.4 Å². The summed E-state index contributed by atoms with van der Waals surface area (Å²) >= 11 is 0. The van der Waals surface area contributed by atoms with Gasteiger partial charge in [0.05, 0.1) is 12.3 Å². The summed E-state index contributed by atoms with van der Waals surface area (Å²) in [6, 6.07) is 1.79. The van der Waals surface area contributed by atoms with Gasteiger partial charge in [0.15, 0.2) is 0 Å². The first-order valence-corrected chi connectivity index (χ1v) is 6.00. The van der Waals surface area contributed by atoms with Crippen LogP contribution in [-0.4, -0.2) is 55.2 Å². The first kappa shape index (κ1) is 13.0. The molecule has 0 aliphatic carbocycles. The van der Waals surface area contributed by atoms with E-state index >= 15 is 0 Å². The van der Waals surface area contributed by atoms with Crippen LogP contribution in [0.25, 0.3) is 0 Å². The normalized spacial score (nSPS) is 16.9. The van der Waals surface area contributed by atoms with Gasteiger partial charge in [-0.25, -0.2) is 10.8 Å². The molecule has 18 heavy (non-hydrogen) atoms. The number of methoxy groups -OCH3 is 1. The summed E-state index contributed by atoms with van der Waals surface area (Å²) in [6.07, 6.45) is 0. The minimum absolute atomic E-state index is 0.456. The zero-order valence-corrected chi connectivity index (χ0v) is 10.9. The molecule has 1 fully saturated rings. The van der Waals surface area contributed by atoms with E-state index in [1.54, 1.807) is 13.2 Å². The highest BCUT2D eigenvalue weighted by molar-refractivity contribution is 5.43. The molecule has 0 unspecified atom stereocenters. The molecule has 0 amide bonds. The van der Waals surface area contributed by atoms with Gasteiger partial charge in [-0.15, -0.1) is 0 Å². The molecule has 0 radical (unpaired) electrons. The van der Waals surface area contributed by atoms with Crippen molar-refractivity contribution in [3.63, 3.8) is 0 Å². The average molecular weight is 252 g/mol. The fourth-order valence-corrected chi connectivity index (χ4v) is 1.93. The number of ether oxygens (including phenoxy) is 1. The molecule has 0 bridgehead atoms. The molecule has 1 aliphatic rings. The van der Waals surface area contributed by atoms with E-state index in [2.05, 4.69) is 32.2 Å². The van der Waals surface area contributed by atoms with Crippen molar-refractivity contribution in [3.8, 4) is 0 Å². The van der Waals surface area contributed by atoms with E-state index in [0.717, 1.165) is 31.9 Å². The number of nitrogens with two attached hydrogens (primary N) is 1. The lowest BCUT2D eigenvalue weighted by molar-refractivity contribution is 0.181. The predicted octanol–water partition coefficient (Wildman–Crippen LogP) is -0.340. The first-order chi connectivity index (χ1) is 8.72. The molecule has 3 N–H and O–H groups in total. The topological polar surface area (TPSA) is 79.5 Å². The van der Waals surface area contributed by atoms with E-state index in [0.29, 0.717) is 18.4 Å². The smallest absolute Gasteiger partial charge is 0.227 e. The molecule has 0 aromatic carbocycles. The molecule has 1 aromatic heterocycles. The fourth-order valence-electron chi connectivity index (χ4n) is 1.93. The zero-order chi connectivity index (χ0) is 13.0. The Morgan fingerprint density at radius 1 is 1.33 bits per heavy atom. The molecule has 7 nitrogen and oxygen atoms in total. The standard InChI is InChI=1S/C11H20N6O/c1-16-3-5-17(6-4-16)11-13-9(8-18-2)7-10(14-11)15-12/h7H,3-6,8,12H2,1-2H3,(H,13,14,15). The second-order valence-corrected chi connectivity index (χ2v) is 4.41. The Balaban J connectivity index is 2.17. The number of anilines is 2. The number of aromatic nitrogens is 2. The third-order valence-corrected chi connectivity index (χ3v) is 2.99. The summed E-state index contributed by atoms with van der Waals surface area (Å²) < 4.78 is 5.10. The van der Waals surface area contributed by atoms with Gasteiger partial charge in [0.25, 0.3) is 0 Å². The van der Waals surface area contributed by atoms with Gasteiger partial charge in [-0.2, -0.15) is 4.98 Å². The van der Waals surface area contributed by atoms with E-state index in [4.69, 9.17) is 10.6 Å². The Morgan fingerprint density at radius 2 is 2.06 bits per heavy atom. The van der Waals surface area contributed by atoms with Gasteiger partial charge < -0.3 is 20.0 Å². The fraction of sp³-hybridized carbons (Fsp3) is 0.636. The number of hydrogen-bond acceptors (Lipinski definition) is 7. The van der Waals surface area contributed by atoms with Crippen LogP contribution in [0.3, 0.4) is 0 Å². The molecular weight excluding hydrogens is 232 g/mol. The van der Waals surface area contributed by atoms with Crippen LogP contribution in [0.4, 0.5) is 11.8 Å². The molecule has 2 heterocycles. The van der Waals surface area contributed by atoms with Gasteiger partial charge in [0.1, 0.15) is 5.82 Å². The summed E-state index contributed by atoms with van der Waals surface area (Å²) in [6.45, 7) is 4.35. The summed E-state index contributed by atoms with van der Waals surface area (Å²) in [7, 11) is 3.76. The van der Waals surface area contributed by atoms with Gasteiger partial charge in [-0.3, -0.25) is 0 Å². The van der Waals surface area contributed by atoms with E-state index in [1.807, 2.05) is 0 Å². The largest absolute Gasteiger partial charge is 0.378 e. The third kappa shape index (κ3) is 3.06. The SMILES string of the molecule is COCc1cc(NN)nc(N2CCN(C)CC2)n1. The highest BCUT2D eigenvalue weighted by Crippen LogP contribution is 2.15. The Morgan fingerprint density at radius 3 is 2.67 bits per heavy atom. The Labute approximate surface area is 107 Å². The molecular formula is C11H20N6O. The van der Waals surface area contributed by atoms with Crippen molar-refractivity contribution < 1.29 is 4.74 Å². The highest BCUT2D eigenvalue weighted by Gasteiger charge is 2.17. The molecule has 100 valence electrons. The Bertz CT molecular complexity index is 391. The summed E-state index contributed by atoms with van der Waals surface area (Å²) in [4.78, 5) is 13.3. The van der Waals surface area contributed by atoms with Gasteiger partial charge in [0.2, 0.25) is 5.95 Å². The van der Waals surface area contributed by atoms with Crippen molar-refractivity contribution in [2.75, 3.05) is 50.7 Å². The highest BCUT2D eigenvalue weighted by atomic mass is 16.5. The van der Waals surface area contributed by atoms with Crippen LogP contribution in [-0.2, 0) is 11.3 Å². The number of nitrogen functional groups attached to an aromatic ring is 1. The van der Waals surface area contributed by atoms with Gasteiger partial charge in [-0.05, 0) is 7.05 Å². The van der Waals surface area contributed by atoms with Gasteiger partial charge in [-0.1, -0.05) is 0 Å². The monoisotopic (exact) mass is 252 g/mol. The molecule has 0 spiro atoms. The molecule has 2 rings (SSSR count). The molecule has 7 heteroatoms. The molecule has 0 atom stereocenters. The van der Waals surface area contributed by atoms with Crippen LogP contribution in [0.15, 0.2) is 6.07 Å². The summed E-state index contributed by atoms with van der Waals surface area (Å²) in [5, 5.41) is 0. The lowest BCUT2D eigenvalue weighted by Crippen LogP contribution is -2.45. The van der Waals surface area contributed by atoms with Crippen molar-refractivity contribution >= 4 is 11.8 Å². The molecule has 1 aromatic rings. The van der Waals surface area contributed by atoms with Crippen molar-refractivity contribution in [2.45, 2.75) is 6.61 Å². The van der Waals surface area contributed by atoms with Crippen LogP contribution < -0.4 is 16.2 Å². The van der Waals surface area contributed by atoms with E-state index < -0.39 is 0 Å². The maximum absolute atomic E-state index is 5.43. The van der Waals surface area contributed by atoms with Crippen LogP contribution in [0, 0.1) is 0 Å². The lowest BCUT2D eigenvalue weighted by atomic mass is 10.3. The van der Waals surface area contributed by atoms with Gasteiger partial charge >= 0.3 is 0 Å². The van der Waals surface area contributed by atoms with Crippen molar-refractivity contribution in [2.24, 2.45) is 5.84 Å². The Hall–Kier alpha value is -1.44. The van der Waals surface area contributed by atoms with E-state index in [9.17, 15) is 0 Å². The third-order valence-electron chi connectivity index (χ3n) is 2.99. The molecule has 1 aliphatic heterocycles. The zero-order valence-electron chi connectivity index (χ0n) is 10.9. The van der Waals surface area contributed by atoms with Crippen LogP contribution >= 0.6 is 0 Å². The number of nitrogens with one attached hydrogen (secondary N) is 1. The maximum Gasteiger partial charge on any atom is 0.227 e. The van der Waals surface area contributed by atoms with E-state index in [-0.39, 0.29) is 0 Å². The van der Waals surface area contributed by atoms with Crippen LogP contribution in [0.2, 0.25) is 0 Å². The number of likely N-dealkylation sites (N-methyl/N-ethyl adjacent to an activating group) is 1. The van der Waals surface area contributed by atoms with Crippen molar-refractivity contribution in [1.29, 1.82) is 0 Å². The number of hydrazine groups is 1. The van der Waals surface area contributed by atoms with Crippen molar-refractivity contribution in [3.05, 3.63) is 11.8 Å². The second-order valence-electron chi connectivity index (χ2n) is 4.41. The number of hydrogen-bond donors (Lipinski definition) is 2. The van der Waals surface area contributed by atoms with Crippen LogP contribution in [0.5, 0.6) is 0 Å². The predicted molar refractivity (Wildman–Crippen MR) is 70.3 cm³/mol. The number of rotatable bonds is 4. The maximum atomic E-state index is 5.43. The minimum atomic E-state index is 0.456. The first-order valence-electron chi connectivity index (χ1n) is 6.00. The summed E-state index contributed by atoms with van der Waals surface area (Å²) in [5.74, 6) is 6.76. The van der Waals surface area contributed by atoms with E-state index in [1.165, 1.54) is 0 Å². The Kier molecular flexibility index (Phi) is 4.29. The quantitative estimate of drug-likeness (QED) is 0.560. The van der Waals surface area contributed by atoms with Crippen LogP contribution in [0.1, 0.15) is 5.69 Å². The minimum Gasteiger partial charge on any atom is -0.378 e. The summed E-state index contributed by atoms with van der Waals surface area (Å²) in [5.41, 5.74) is 3.40. The lowest BCUT2D eigenvalue weighted by Gasteiger charge is -2.32. The molecule has 1 saturated heterocycles.